The molecule has 4 nitrogen and oxygen atoms in total. The molecule has 0 radical (unpaired) electrons. The van der Waals surface area contributed by atoms with Gasteiger partial charge < -0.3 is 10.1 Å². The summed E-state index contributed by atoms with van der Waals surface area (Å²) in [5, 5.41) is 3.85. The van der Waals surface area contributed by atoms with Gasteiger partial charge in [-0.25, -0.2) is 0 Å². The molecule has 1 saturated carbocycles. The third-order valence-electron chi connectivity index (χ3n) is 5.10. The van der Waals surface area contributed by atoms with Gasteiger partial charge in [0.2, 0.25) is 0 Å². The van der Waals surface area contributed by atoms with E-state index in [2.05, 4.69) is 17.2 Å². The third-order valence-corrected chi connectivity index (χ3v) is 5.36. The number of aromatic nitrogens is 1. The lowest BCUT2D eigenvalue weighted by Gasteiger charge is -2.34. The van der Waals surface area contributed by atoms with E-state index in [1.165, 1.54) is 0 Å². The maximum Gasteiger partial charge on any atom is 0.251 e. The number of hydrogen-bond donors (Lipinski definition) is 1. The number of halogens is 1. The maximum atomic E-state index is 12.5. The normalized spacial score (nSPS) is 21.0. The summed E-state index contributed by atoms with van der Waals surface area (Å²) in [6.07, 6.45) is 8.84. The van der Waals surface area contributed by atoms with Crippen molar-refractivity contribution in [2.45, 2.75) is 51.2 Å². The quantitative estimate of drug-likeness (QED) is 0.786. The fourth-order valence-electron chi connectivity index (χ4n) is 3.62. The largest absolute Gasteiger partial charge is 0.490 e. The number of nitrogens with one attached hydrogen (secondary N) is 1. The molecule has 26 heavy (non-hydrogen) atoms. The van der Waals surface area contributed by atoms with E-state index in [-0.39, 0.29) is 18.1 Å². The smallest absolute Gasteiger partial charge is 0.251 e. The second kappa shape index (κ2) is 9.04. The van der Waals surface area contributed by atoms with E-state index < -0.39 is 0 Å². The van der Waals surface area contributed by atoms with Gasteiger partial charge in [0.25, 0.3) is 5.91 Å². The van der Waals surface area contributed by atoms with E-state index in [4.69, 9.17) is 16.3 Å². The molecule has 0 bridgehead atoms. The lowest BCUT2D eigenvalue weighted by molar-refractivity contribution is 0.0870. The molecule has 1 aromatic heterocycles. The van der Waals surface area contributed by atoms with Crippen LogP contribution in [0.3, 0.4) is 0 Å². The molecule has 0 aliphatic heterocycles. The van der Waals surface area contributed by atoms with Gasteiger partial charge in [0, 0.05) is 29.0 Å². The van der Waals surface area contributed by atoms with Gasteiger partial charge in [0.15, 0.2) is 0 Å². The highest BCUT2D eigenvalue weighted by Gasteiger charge is 2.28. The number of amides is 1. The molecule has 1 aliphatic carbocycles. The van der Waals surface area contributed by atoms with E-state index in [9.17, 15) is 4.79 Å². The molecule has 1 amide bonds. The molecule has 0 spiro atoms. The van der Waals surface area contributed by atoms with E-state index in [1.807, 2.05) is 12.1 Å². The molecule has 0 saturated heterocycles. The van der Waals surface area contributed by atoms with Crippen LogP contribution in [0.15, 0.2) is 48.8 Å². The van der Waals surface area contributed by atoms with Crippen LogP contribution in [0.4, 0.5) is 0 Å². The minimum absolute atomic E-state index is 0.0244. The van der Waals surface area contributed by atoms with Gasteiger partial charge in [-0.1, -0.05) is 18.5 Å². The maximum absolute atomic E-state index is 12.5. The van der Waals surface area contributed by atoms with Crippen molar-refractivity contribution in [3.63, 3.8) is 0 Å². The summed E-state index contributed by atoms with van der Waals surface area (Å²) in [6, 6.07) is 11.0. The van der Waals surface area contributed by atoms with Crippen LogP contribution in [-0.4, -0.2) is 23.0 Å². The van der Waals surface area contributed by atoms with Crippen LogP contribution in [-0.2, 0) is 0 Å². The minimum Gasteiger partial charge on any atom is -0.490 e. The van der Waals surface area contributed by atoms with Gasteiger partial charge in [-0.05, 0) is 74.4 Å². The highest BCUT2D eigenvalue weighted by atomic mass is 35.5. The minimum atomic E-state index is -0.0244. The van der Waals surface area contributed by atoms with Crippen LogP contribution >= 0.6 is 11.6 Å². The summed E-state index contributed by atoms with van der Waals surface area (Å²) < 4.78 is 6.04. The first-order valence-electron chi connectivity index (χ1n) is 9.29. The zero-order chi connectivity index (χ0) is 18.4. The molecule has 1 unspecified atom stereocenters. The van der Waals surface area contributed by atoms with Crippen LogP contribution in [0.2, 0.25) is 5.02 Å². The topological polar surface area (TPSA) is 51.2 Å². The Labute approximate surface area is 159 Å². The van der Waals surface area contributed by atoms with Gasteiger partial charge in [-0.3, -0.25) is 9.78 Å². The molecule has 1 atom stereocenters. The van der Waals surface area contributed by atoms with Crippen LogP contribution in [0, 0.1) is 5.92 Å². The van der Waals surface area contributed by atoms with Crippen molar-refractivity contribution in [1.29, 1.82) is 0 Å². The number of rotatable bonds is 6. The summed E-state index contributed by atoms with van der Waals surface area (Å²) in [4.78, 5) is 16.5. The van der Waals surface area contributed by atoms with Gasteiger partial charge in [0.05, 0.1) is 6.10 Å². The Morgan fingerprint density at radius 1 is 1.15 bits per heavy atom. The van der Waals surface area contributed by atoms with Crippen molar-refractivity contribution in [2.24, 2.45) is 5.92 Å². The number of nitrogens with zero attached hydrogens (tertiary/aromatic N) is 1. The van der Waals surface area contributed by atoms with Crippen LogP contribution in [0.1, 0.15) is 49.4 Å². The average molecular weight is 373 g/mol. The first-order chi connectivity index (χ1) is 12.7. The number of ether oxygens (including phenoxy) is 1. The van der Waals surface area contributed by atoms with Crippen molar-refractivity contribution < 1.29 is 9.53 Å². The summed E-state index contributed by atoms with van der Waals surface area (Å²) in [7, 11) is 0. The van der Waals surface area contributed by atoms with E-state index >= 15 is 0 Å². The van der Waals surface area contributed by atoms with Gasteiger partial charge >= 0.3 is 0 Å². The first kappa shape index (κ1) is 18.7. The molecule has 138 valence electrons. The zero-order valence-corrected chi connectivity index (χ0v) is 15.8. The van der Waals surface area contributed by atoms with Crippen molar-refractivity contribution >= 4 is 17.5 Å². The summed E-state index contributed by atoms with van der Waals surface area (Å²) in [6.45, 7) is 2.13. The first-order valence-corrected chi connectivity index (χ1v) is 9.66. The van der Waals surface area contributed by atoms with E-state index in [0.29, 0.717) is 16.5 Å². The lowest BCUT2D eigenvalue weighted by atomic mass is 9.81. The Bertz CT molecular complexity index is 698. The van der Waals surface area contributed by atoms with Crippen molar-refractivity contribution in [3.05, 3.63) is 59.4 Å². The van der Waals surface area contributed by atoms with Crippen molar-refractivity contribution in [2.75, 3.05) is 0 Å². The number of pyridine rings is 1. The number of hydrogen-bond acceptors (Lipinski definition) is 3. The van der Waals surface area contributed by atoms with Gasteiger partial charge in [-0.15, -0.1) is 0 Å². The fourth-order valence-corrected chi connectivity index (χ4v) is 3.75. The SMILES string of the molecule is CCC(NC(=O)c1ccc(Cl)cc1)C1CCC(Oc2ccncc2)CC1. The predicted octanol–water partition coefficient (Wildman–Crippen LogP) is 4.88. The number of carbonyl (C=O) groups is 1. The Kier molecular flexibility index (Phi) is 6.51. The van der Waals surface area contributed by atoms with Crippen molar-refractivity contribution in [3.8, 4) is 5.75 Å². The number of benzene rings is 1. The molecular weight excluding hydrogens is 348 g/mol. The van der Waals surface area contributed by atoms with Gasteiger partial charge in [-0.2, -0.15) is 0 Å². The third kappa shape index (κ3) is 4.98. The molecule has 3 rings (SSSR count). The Morgan fingerprint density at radius 2 is 1.81 bits per heavy atom. The molecule has 5 heteroatoms. The highest BCUT2D eigenvalue weighted by Crippen LogP contribution is 2.30. The Morgan fingerprint density at radius 3 is 2.42 bits per heavy atom. The van der Waals surface area contributed by atoms with Crippen molar-refractivity contribution in [1.82, 2.24) is 10.3 Å². The average Bonchev–Trinajstić information content (AvgIpc) is 2.68. The summed E-state index contributed by atoms with van der Waals surface area (Å²) >= 11 is 5.90. The Hall–Kier alpha value is -2.07. The fraction of sp³-hybridized carbons (Fsp3) is 0.429. The molecule has 1 aliphatic rings. The van der Waals surface area contributed by atoms with Gasteiger partial charge in [0.1, 0.15) is 5.75 Å². The molecule has 1 N–H and O–H groups in total. The second-order valence-corrected chi connectivity index (χ2v) is 7.27. The summed E-state index contributed by atoms with van der Waals surface area (Å²) in [5.41, 5.74) is 0.655. The zero-order valence-electron chi connectivity index (χ0n) is 15.0. The van der Waals surface area contributed by atoms with Crippen LogP contribution in [0.25, 0.3) is 0 Å². The lowest BCUT2D eigenvalue weighted by Crippen LogP contribution is -2.42. The van der Waals surface area contributed by atoms with E-state index in [1.54, 1.807) is 36.7 Å². The Balaban J connectivity index is 1.51. The molecule has 1 aromatic carbocycles. The monoisotopic (exact) mass is 372 g/mol. The molecule has 1 heterocycles. The second-order valence-electron chi connectivity index (χ2n) is 6.83. The standard InChI is InChI=1S/C21H25ClN2O2/c1-2-20(24-21(25)16-3-7-17(22)8-4-16)15-5-9-18(10-6-15)26-19-11-13-23-14-12-19/h3-4,7-8,11-15,18,20H,2,5-6,9-10H2,1H3,(H,24,25). The highest BCUT2D eigenvalue weighted by molar-refractivity contribution is 6.30. The van der Waals surface area contributed by atoms with Crippen LogP contribution in [0.5, 0.6) is 5.75 Å². The molecule has 1 fully saturated rings. The predicted molar refractivity (Wildman–Crippen MR) is 104 cm³/mol. The number of carbonyl (C=O) groups excluding carboxylic acids is 1. The van der Waals surface area contributed by atoms with E-state index in [0.717, 1.165) is 37.9 Å². The molecule has 2 aromatic rings. The summed E-state index contributed by atoms with van der Waals surface area (Å²) in [5.74, 6) is 1.35. The van der Waals surface area contributed by atoms with Crippen LogP contribution < -0.4 is 10.1 Å². The molecular formula is C21H25ClN2O2.